The van der Waals surface area contributed by atoms with E-state index in [9.17, 15) is 14.7 Å². The van der Waals surface area contributed by atoms with Gasteiger partial charge in [0.25, 0.3) is 0 Å². The SMILES string of the molecule is Cc1cc(=O)c2c(O)c3c(cc2o1)OC(C)(C)[C@@H]1OC(=O)[C@@]2(CCCC[C@@H]31)O[C@@H]2Cc1cccc(C(N)N)c1. The number of epoxide rings is 1. The summed E-state index contributed by atoms with van der Waals surface area (Å²) in [6, 6.07) is 10.7. The predicted molar refractivity (Wildman–Crippen MR) is 144 cm³/mol. The van der Waals surface area contributed by atoms with Crippen LogP contribution in [-0.2, 0) is 20.7 Å². The molecule has 0 aliphatic carbocycles. The standard InChI is InChI=1S/C30H34N2O7/c1-15-11-19(33)24-20(36-15)14-21-23(25(24)34)18-9-4-5-10-30(28(35)37-26(18)29(2,3)38-21)22(39-30)13-16-7-6-8-17(12-16)27(31)32/h6-8,11-12,14,18,22,26-27,34H,4-5,9-10,13,31-32H2,1-3H3/t18-,22+,26+,30-/m0/s1. The van der Waals surface area contributed by atoms with E-state index in [2.05, 4.69) is 0 Å². The fourth-order valence-corrected chi connectivity index (χ4v) is 6.39. The van der Waals surface area contributed by atoms with Gasteiger partial charge < -0.3 is 35.2 Å². The molecular formula is C30H34N2O7. The largest absolute Gasteiger partial charge is 0.507 e. The van der Waals surface area contributed by atoms with Gasteiger partial charge in [-0.1, -0.05) is 30.7 Å². The number of phenols is 1. The second kappa shape index (κ2) is 9.08. The van der Waals surface area contributed by atoms with Gasteiger partial charge in [-0.3, -0.25) is 4.79 Å². The van der Waals surface area contributed by atoms with Crippen molar-refractivity contribution < 1.29 is 28.5 Å². The Morgan fingerprint density at radius 2 is 1.92 bits per heavy atom. The minimum atomic E-state index is -1.03. The number of fused-ring (bicyclic) bond motifs is 4. The lowest BCUT2D eigenvalue weighted by Crippen LogP contribution is -2.52. The molecule has 0 radical (unpaired) electrons. The van der Waals surface area contributed by atoms with E-state index in [0.29, 0.717) is 36.3 Å². The summed E-state index contributed by atoms with van der Waals surface area (Å²) >= 11 is 0. The highest BCUT2D eigenvalue weighted by molar-refractivity contribution is 5.88. The summed E-state index contributed by atoms with van der Waals surface area (Å²) in [5.41, 5.74) is 12.0. The van der Waals surface area contributed by atoms with E-state index in [1.807, 2.05) is 38.1 Å². The van der Waals surface area contributed by atoms with Crippen molar-refractivity contribution in [3.05, 3.63) is 69.1 Å². The minimum absolute atomic E-state index is 0.106. The lowest BCUT2D eigenvalue weighted by molar-refractivity contribution is -0.170. The molecule has 6 rings (SSSR count). The lowest BCUT2D eigenvalue weighted by atomic mass is 9.77. The van der Waals surface area contributed by atoms with Crippen LogP contribution in [0.5, 0.6) is 11.5 Å². The average Bonchev–Trinajstić information content (AvgIpc) is 3.54. The van der Waals surface area contributed by atoms with Gasteiger partial charge in [0.05, 0.1) is 6.17 Å². The normalized spacial score (nSPS) is 27.6. The Kier molecular flexibility index (Phi) is 6.02. The van der Waals surface area contributed by atoms with E-state index in [1.165, 1.54) is 6.07 Å². The number of benzene rings is 2. The van der Waals surface area contributed by atoms with Crippen molar-refractivity contribution >= 4 is 16.9 Å². The molecule has 3 aliphatic heterocycles. The highest BCUT2D eigenvalue weighted by Crippen LogP contribution is 2.53. The van der Waals surface area contributed by atoms with Crippen LogP contribution in [-0.4, -0.2) is 34.5 Å². The van der Waals surface area contributed by atoms with Crippen LogP contribution in [0, 0.1) is 6.92 Å². The maximum atomic E-state index is 13.8. The van der Waals surface area contributed by atoms with E-state index in [4.69, 9.17) is 30.1 Å². The molecule has 39 heavy (non-hydrogen) atoms. The Labute approximate surface area is 226 Å². The zero-order valence-corrected chi connectivity index (χ0v) is 22.4. The first-order valence-corrected chi connectivity index (χ1v) is 13.5. The first kappa shape index (κ1) is 25.9. The van der Waals surface area contributed by atoms with Gasteiger partial charge in [0.2, 0.25) is 0 Å². The van der Waals surface area contributed by atoms with Gasteiger partial charge in [-0.2, -0.15) is 0 Å². The predicted octanol–water partition coefficient (Wildman–Crippen LogP) is 3.84. The number of phenolic OH excluding ortho intramolecular Hbond substituents is 1. The van der Waals surface area contributed by atoms with E-state index >= 15 is 0 Å². The maximum Gasteiger partial charge on any atom is 0.341 e. The minimum Gasteiger partial charge on any atom is -0.507 e. The molecule has 9 nitrogen and oxygen atoms in total. The van der Waals surface area contributed by atoms with Crippen LogP contribution in [0.25, 0.3) is 11.0 Å². The summed E-state index contributed by atoms with van der Waals surface area (Å²) < 4.78 is 24.4. The Bertz CT molecular complexity index is 1530. The molecule has 2 saturated heterocycles. The third-order valence-electron chi connectivity index (χ3n) is 8.38. The van der Waals surface area contributed by atoms with Crippen molar-refractivity contribution in [3.63, 3.8) is 0 Å². The molecule has 4 atom stereocenters. The topological polar surface area (TPSA) is 151 Å². The third kappa shape index (κ3) is 4.29. The number of carbonyl (C=O) groups is 1. The molecule has 0 saturated carbocycles. The Balaban J connectivity index is 1.33. The van der Waals surface area contributed by atoms with E-state index in [-0.39, 0.29) is 34.2 Å². The van der Waals surface area contributed by atoms with E-state index in [0.717, 1.165) is 24.0 Å². The molecule has 0 unspecified atom stereocenters. The molecule has 206 valence electrons. The number of rotatable bonds is 3. The maximum absolute atomic E-state index is 13.8. The van der Waals surface area contributed by atoms with Crippen LogP contribution in [0.4, 0.5) is 0 Å². The number of hydrogen-bond donors (Lipinski definition) is 3. The van der Waals surface area contributed by atoms with Crippen molar-refractivity contribution in [1.29, 1.82) is 0 Å². The van der Waals surface area contributed by atoms with Gasteiger partial charge in [-0.15, -0.1) is 0 Å². The molecule has 1 aromatic heterocycles. The second-order valence-electron chi connectivity index (χ2n) is 11.6. The number of ether oxygens (including phenoxy) is 3. The third-order valence-corrected chi connectivity index (χ3v) is 8.38. The molecule has 0 bridgehead atoms. The molecule has 4 heterocycles. The molecule has 3 aliphatic rings. The number of aryl methyl sites for hydroxylation is 1. The second-order valence-corrected chi connectivity index (χ2v) is 11.6. The zero-order chi connectivity index (χ0) is 27.7. The van der Waals surface area contributed by atoms with Crippen LogP contribution < -0.4 is 21.6 Å². The molecule has 3 aromatic rings. The Hall–Kier alpha value is -3.40. The monoisotopic (exact) mass is 534 g/mol. The van der Waals surface area contributed by atoms with Gasteiger partial charge in [-0.25, -0.2) is 4.79 Å². The first-order chi connectivity index (χ1) is 18.5. The van der Waals surface area contributed by atoms with Crippen molar-refractivity contribution in [3.8, 4) is 11.5 Å². The number of nitrogens with two attached hydrogens (primary N) is 2. The van der Waals surface area contributed by atoms with Gasteiger partial charge in [0.1, 0.15) is 46.0 Å². The van der Waals surface area contributed by atoms with Crippen LogP contribution in [0.15, 0.2) is 45.6 Å². The highest BCUT2D eigenvalue weighted by atomic mass is 16.7. The van der Waals surface area contributed by atoms with Gasteiger partial charge in [0.15, 0.2) is 11.0 Å². The van der Waals surface area contributed by atoms with Gasteiger partial charge >= 0.3 is 5.97 Å². The summed E-state index contributed by atoms with van der Waals surface area (Å²) in [4.78, 5) is 26.5. The summed E-state index contributed by atoms with van der Waals surface area (Å²) in [7, 11) is 0. The molecule has 0 amide bonds. The van der Waals surface area contributed by atoms with Crippen molar-refractivity contribution in [2.45, 2.75) is 88.4 Å². The van der Waals surface area contributed by atoms with Gasteiger partial charge in [0, 0.05) is 30.0 Å². The van der Waals surface area contributed by atoms with Crippen LogP contribution in [0.3, 0.4) is 0 Å². The zero-order valence-electron chi connectivity index (χ0n) is 22.4. The van der Waals surface area contributed by atoms with E-state index in [1.54, 1.807) is 13.0 Å². The molecular weight excluding hydrogens is 500 g/mol. The van der Waals surface area contributed by atoms with Crippen molar-refractivity contribution in [2.75, 3.05) is 0 Å². The van der Waals surface area contributed by atoms with Crippen molar-refractivity contribution in [1.82, 2.24) is 0 Å². The molecule has 2 aromatic carbocycles. The summed E-state index contributed by atoms with van der Waals surface area (Å²) in [5, 5.41) is 11.4. The first-order valence-electron chi connectivity index (χ1n) is 13.5. The van der Waals surface area contributed by atoms with Gasteiger partial charge in [-0.05, 0) is 51.2 Å². The number of esters is 1. The number of aromatic hydroxyl groups is 1. The Morgan fingerprint density at radius 1 is 1.13 bits per heavy atom. The smallest absolute Gasteiger partial charge is 0.341 e. The van der Waals surface area contributed by atoms with Crippen LogP contribution in [0.1, 0.15) is 74.1 Å². The van der Waals surface area contributed by atoms with Crippen molar-refractivity contribution in [2.24, 2.45) is 11.5 Å². The molecule has 9 heteroatoms. The highest BCUT2D eigenvalue weighted by Gasteiger charge is 2.64. The fourth-order valence-electron chi connectivity index (χ4n) is 6.39. The molecule has 5 N–H and O–H groups in total. The summed E-state index contributed by atoms with van der Waals surface area (Å²) in [5.74, 6) is -0.0913. The van der Waals surface area contributed by atoms with Crippen LogP contribution >= 0.6 is 0 Å². The number of carbonyl (C=O) groups excluding carboxylic acids is 1. The molecule has 2 fully saturated rings. The molecule has 1 spiro atoms. The lowest BCUT2D eigenvalue weighted by Gasteiger charge is -2.44. The van der Waals surface area contributed by atoms with Crippen LogP contribution in [0.2, 0.25) is 0 Å². The summed E-state index contributed by atoms with van der Waals surface area (Å²) in [6.45, 7) is 5.42. The average molecular weight is 535 g/mol. The summed E-state index contributed by atoms with van der Waals surface area (Å²) in [6.07, 6.45) is 1.64. The Morgan fingerprint density at radius 3 is 2.69 bits per heavy atom. The fraction of sp³-hybridized carbons (Fsp3) is 0.467. The number of hydrogen-bond acceptors (Lipinski definition) is 9. The van der Waals surface area contributed by atoms with E-state index < -0.39 is 29.4 Å². The quantitative estimate of drug-likeness (QED) is 0.259.